The molecule has 0 aromatic heterocycles. The van der Waals surface area contributed by atoms with E-state index in [1.54, 1.807) is 0 Å². The summed E-state index contributed by atoms with van der Waals surface area (Å²) in [4.78, 5) is 24.1. The SMILES string of the molecule is CCCCCCCCCCCC1C(C(=O)O)CCCC1(CC(C)C)C(=O)O. The van der Waals surface area contributed by atoms with Gasteiger partial charge in [-0.15, -0.1) is 0 Å². The first-order valence-corrected chi connectivity index (χ1v) is 11.3. The first-order chi connectivity index (χ1) is 12.8. The van der Waals surface area contributed by atoms with Crippen molar-refractivity contribution in [1.82, 2.24) is 0 Å². The summed E-state index contributed by atoms with van der Waals surface area (Å²) in [5.41, 5.74) is -0.852. The molecule has 158 valence electrons. The second-order valence-electron chi connectivity index (χ2n) is 9.12. The molecule has 0 aromatic rings. The van der Waals surface area contributed by atoms with E-state index in [9.17, 15) is 19.8 Å². The maximum atomic E-state index is 12.3. The number of hydrogen-bond donors (Lipinski definition) is 2. The zero-order chi connectivity index (χ0) is 20.3. The molecule has 0 spiro atoms. The fraction of sp³-hybridized carbons (Fsp3) is 0.913. The predicted octanol–water partition coefficient (Wildman–Crippen LogP) is 6.53. The van der Waals surface area contributed by atoms with E-state index in [0.29, 0.717) is 25.7 Å². The number of rotatable bonds is 14. The van der Waals surface area contributed by atoms with E-state index in [-0.39, 0.29) is 11.8 Å². The average Bonchev–Trinajstić information content (AvgIpc) is 2.60. The smallest absolute Gasteiger partial charge is 0.309 e. The molecule has 3 unspecified atom stereocenters. The van der Waals surface area contributed by atoms with Crippen LogP contribution in [0.4, 0.5) is 0 Å². The monoisotopic (exact) mass is 382 g/mol. The van der Waals surface area contributed by atoms with Crippen LogP contribution < -0.4 is 0 Å². The lowest BCUT2D eigenvalue weighted by atomic mass is 9.57. The van der Waals surface area contributed by atoms with Gasteiger partial charge in [0, 0.05) is 0 Å². The number of aliphatic carboxylic acids is 2. The Balaban J connectivity index is 2.60. The Labute approximate surface area is 166 Å². The molecule has 27 heavy (non-hydrogen) atoms. The van der Waals surface area contributed by atoms with Crippen LogP contribution in [-0.4, -0.2) is 22.2 Å². The molecule has 3 atom stereocenters. The van der Waals surface area contributed by atoms with Crippen molar-refractivity contribution in [2.45, 2.75) is 111 Å². The zero-order valence-corrected chi connectivity index (χ0v) is 17.8. The van der Waals surface area contributed by atoms with Gasteiger partial charge in [0.1, 0.15) is 0 Å². The summed E-state index contributed by atoms with van der Waals surface area (Å²) < 4.78 is 0. The largest absolute Gasteiger partial charge is 0.481 e. The molecule has 0 radical (unpaired) electrons. The summed E-state index contributed by atoms with van der Waals surface area (Å²) >= 11 is 0. The first-order valence-electron chi connectivity index (χ1n) is 11.3. The van der Waals surface area contributed by atoms with E-state index in [4.69, 9.17) is 0 Å². The molecule has 1 fully saturated rings. The van der Waals surface area contributed by atoms with Crippen molar-refractivity contribution >= 4 is 11.9 Å². The standard InChI is InChI=1S/C23H42O4/c1-4-5-6-7-8-9-10-11-12-15-20-19(21(24)25)14-13-16-23(20,22(26)27)17-18(2)3/h18-20H,4-17H2,1-3H3,(H,24,25)(H,26,27). The van der Waals surface area contributed by atoms with E-state index >= 15 is 0 Å². The Bertz CT molecular complexity index is 446. The maximum Gasteiger partial charge on any atom is 0.309 e. The van der Waals surface area contributed by atoms with Gasteiger partial charge in [-0.1, -0.05) is 85.0 Å². The van der Waals surface area contributed by atoms with Gasteiger partial charge in [0.05, 0.1) is 11.3 Å². The molecular weight excluding hydrogens is 340 g/mol. The van der Waals surface area contributed by atoms with Gasteiger partial charge in [-0.3, -0.25) is 9.59 Å². The van der Waals surface area contributed by atoms with Crippen molar-refractivity contribution in [3.63, 3.8) is 0 Å². The van der Waals surface area contributed by atoms with Crippen LogP contribution in [0.5, 0.6) is 0 Å². The summed E-state index contributed by atoms with van der Waals surface area (Å²) in [5.74, 6) is -2.04. The van der Waals surface area contributed by atoms with Gasteiger partial charge in [-0.25, -0.2) is 0 Å². The van der Waals surface area contributed by atoms with Gasteiger partial charge in [-0.05, 0) is 37.5 Å². The second-order valence-corrected chi connectivity index (χ2v) is 9.12. The number of hydrogen-bond acceptors (Lipinski definition) is 2. The fourth-order valence-electron chi connectivity index (χ4n) is 5.19. The van der Waals surface area contributed by atoms with Crippen LogP contribution in [0.1, 0.15) is 111 Å². The predicted molar refractivity (Wildman–Crippen MR) is 110 cm³/mol. The lowest BCUT2D eigenvalue weighted by Crippen LogP contribution is -2.48. The molecule has 0 amide bonds. The topological polar surface area (TPSA) is 74.6 Å². The number of unbranched alkanes of at least 4 members (excludes halogenated alkanes) is 8. The fourth-order valence-corrected chi connectivity index (χ4v) is 5.19. The van der Waals surface area contributed by atoms with E-state index in [1.165, 1.54) is 44.9 Å². The van der Waals surface area contributed by atoms with Crippen LogP contribution in [0.2, 0.25) is 0 Å². The van der Waals surface area contributed by atoms with Crippen molar-refractivity contribution in [2.24, 2.45) is 23.2 Å². The van der Waals surface area contributed by atoms with Crippen LogP contribution in [0.25, 0.3) is 0 Å². The van der Waals surface area contributed by atoms with Gasteiger partial charge in [0.2, 0.25) is 0 Å². The molecule has 1 aliphatic rings. The third-order valence-electron chi connectivity index (χ3n) is 6.47. The highest BCUT2D eigenvalue weighted by Gasteiger charge is 2.52. The number of carbonyl (C=O) groups is 2. The molecular formula is C23H42O4. The summed E-state index contributed by atoms with van der Waals surface area (Å²) in [7, 11) is 0. The molecule has 0 aliphatic heterocycles. The summed E-state index contributed by atoms with van der Waals surface area (Å²) in [5, 5.41) is 19.8. The summed E-state index contributed by atoms with van der Waals surface area (Å²) in [6.07, 6.45) is 14.3. The molecule has 0 heterocycles. The highest BCUT2D eigenvalue weighted by molar-refractivity contribution is 5.78. The van der Waals surface area contributed by atoms with Crippen LogP contribution in [0.3, 0.4) is 0 Å². The van der Waals surface area contributed by atoms with Crippen molar-refractivity contribution in [3.8, 4) is 0 Å². The van der Waals surface area contributed by atoms with Gasteiger partial charge in [0.15, 0.2) is 0 Å². The number of carboxylic acids is 2. The highest BCUT2D eigenvalue weighted by Crippen LogP contribution is 2.51. The van der Waals surface area contributed by atoms with Crippen molar-refractivity contribution in [1.29, 1.82) is 0 Å². The highest BCUT2D eigenvalue weighted by atomic mass is 16.4. The minimum Gasteiger partial charge on any atom is -0.481 e. The third-order valence-corrected chi connectivity index (χ3v) is 6.47. The van der Waals surface area contributed by atoms with Gasteiger partial charge in [-0.2, -0.15) is 0 Å². The van der Waals surface area contributed by atoms with E-state index in [0.717, 1.165) is 19.3 Å². The van der Waals surface area contributed by atoms with E-state index in [1.807, 2.05) is 13.8 Å². The Morgan fingerprint density at radius 3 is 2.00 bits per heavy atom. The van der Waals surface area contributed by atoms with Crippen molar-refractivity contribution < 1.29 is 19.8 Å². The molecule has 1 saturated carbocycles. The molecule has 4 nitrogen and oxygen atoms in total. The van der Waals surface area contributed by atoms with Crippen LogP contribution in [0, 0.1) is 23.2 Å². The Morgan fingerprint density at radius 2 is 1.52 bits per heavy atom. The van der Waals surface area contributed by atoms with Crippen molar-refractivity contribution in [2.75, 3.05) is 0 Å². The molecule has 1 rings (SSSR count). The lowest BCUT2D eigenvalue weighted by Gasteiger charge is -2.45. The van der Waals surface area contributed by atoms with E-state index in [2.05, 4.69) is 6.92 Å². The van der Waals surface area contributed by atoms with Gasteiger partial charge in [0.25, 0.3) is 0 Å². The third kappa shape index (κ3) is 7.46. The first kappa shape index (κ1) is 24.0. The summed E-state index contributed by atoms with van der Waals surface area (Å²) in [6.45, 7) is 6.32. The molecule has 4 heteroatoms. The second kappa shape index (κ2) is 12.4. The Hall–Kier alpha value is -1.06. The number of carboxylic acid groups (broad SMARTS) is 2. The zero-order valence-electron chi connectivity index (χ0n) is 17.8. The quantitative estimate of drug-likeness (QED) is 0.335. The van der Waals surface area contributed by atoms with Crippen LogP contribution in [-0.2, 0) is 9.59 Å². The van der Waals surface area contributed by atoms with Crippen LogP contribution >= 0.6 is 0 Å². The van der Waals surface area contributed by atoms with Gasteiger partial charge < -0.3 is 10.2 Å². The molecule has 0 aromatic carbocycles. The van der Waals surface area contributed by atoms with E-state index < -0.39 is 23.3 Å². The minimum absolute atomic E-state index is 0.229. The van der Waals surface area contributed by atoms with Crippen LogP contribution in [0.15, 0.2) is 0 Å². The van der Waals surface area contributed by atoms with Gasteiger partial charge >= 0.3 is 11.9 Å². The molecule has 1 aliphatic carbocycles. The molecule has 2 N–H and O–H groups in total. The Morgan fingerprint density at radius 1 is 0.963 bits per heavy atom. The van der Waals surface area contributed by atoms with Crippen molar-refractivity contribution in [3.05, 3.63) is 0 Å². The molecule has 0 saturated heterocycles. The molecule has 0 bridgehead atoms. The minimum atomic E-state index is -0.852. The maximum absolute atomic E-state index is 12.3. The lowest BCUT2D eigenvalue weighted by molar-refractivity contribution is -0.165. The normalized spacial score (nSPS) is 25.6. The Kier molecular flexibility index (Phi) is 11.0. The summed E-state index contributed by atoms with van der Waals surface area (Å²) in [6, 6.07) is 0. The average molecular weight is 383 g/mol.